The van der Waals surface area contributed by atoms with Crippen LogP contribution in [0.5, 0.6) is 5.75 Å². The van der Waals surface area contributed by atoms with Crippen molar-refractivity contribution in [2.45, 2.75) is 44.6 Å². The van der Waals surface area contributed by atoms with Gasteiger partial charge in [-0.25, -0.2) is 9.18 Å². The van der Waals surface area contributed by atoms with Crippen molar-refractivity contribution in [3.8, 4) is 5.75 Å². The molecule has 1 aliphatic heterocycles. The summed E-state index contributed by atoms with van der Waals surface area (Å²) >= 11 is 0. The second kappa shape index (κ2) is 10.5. The number of ether oxygens (including phenoxy) is 1. The van der Waals surface area contributed by atoms with Crippen LogP contribution in [0.25, 0.3) is 0 Å². The van der Waals surface area contributed by atoms with Crippen molar-refractivity contribution >= 4 is 17.6 Å². The standard InChI is InChI=1S/C25H30FN3O3/c26-20-6-3-7-21(15-20)28-25(31)27-16-18-5-4-14-29(17-18)24(30)19-10-12-23(13-11-19)32-22-8-1-2-9-22/h3,6-7,10-13,15,18,22H,1-2,4-5,8-9,14,16-17H2,(H2,27,28,31). The highest BCUT2D eigenvalue weighted by Crippen LogP contribution is 2.25. The van der Waals surface area contributed by atoms with E-state index in [4.69, 9.17) is 4.74 Å². The minimum absolute atomic E-state index is 0.00586. The molecule has 1 unspecified atom stereocenters. The Morgan fingerprint density at radius 1 is 1.03 bits per heavy atom. The Bertz CT molecular complexity index is 928. The number of piperidine rings is 1. The average Bonchev–Trinajstić information content (AvgIpc) is 3.31. The number of carbonyl (C=O) groups excluding carboxylic acids is 2. The smallest absolute Gasteiger partial charge is 0.319 e. The maximum atomic E-state index is 13.2. The molecule has 1 atom stereocenters. The molecule has 2 fully saturated rings. The van der Waals surface area contributed by atoms with Crippen molar-refractivity contribution in [1.29, 1.82) is 0 Å². The molecule has 6 nitrogen and oxygen atoms in total. The molecule has 2 aliphatic rings. The van der Waals surface area contributed by atoms with E-state index in [1.165, 1.54) is 25.0 Å². The lowest BCUT2D eigenvalue weighted by molar-refractivity contribution is 0.0675. The number of nitrogens with zero attached hydrogens (tertiary/aromatic N) is 1. The summed E-state index contributed by atoms with van der Waals surface area (Å²) in [6.07, 6.45) is 6.78. The number of hydrogen-bond donors (Lipinski definition) is 2. The summed E-state index contributed by atoms with van der Waals surface area (Å²) in [5.41, 5.74) is 1.06. The van der Waals surface area contributed by atoms with Gasteiger partial charge in [-0.15, -0.1) is 0 Å². The van der Waals surface area contributed by atoms with Gasteiger partial charge in [0.25, 0.3) is 5.91 Å². The first-order valence-electron chi connectivity index (χ1n) is 11.4. The maximum absolute atomic E-state index is 13.2. The summed E-state index contributed by atoms with van der Waals surface area (Å²) in [6.45, 7) is 1.77. The molecule has 2 N–H and O–H groups in total. The molecule has 7 heteroatoms. The molecular weight excluding hydrogens is 409 g/mol. The zero-order valence-corrected chi connectivity index (χ0v) is 18.2. The van der Waals surface area contributed by atoms with Gasteiger partial charge in [0.05, 0.1) is 6.10 Å². The SMILES string of the molecule is O=C(NCC1CCCN(C(=O)c2ccc(OC3CCCC3)cc2)C1)Nc1cccc(F)c1. The molecule has 0 spiro atoms. The largest absolute Gasteiger partial charge is 0.490 e. The lowest BCUT2D eigenvalue weighted by atomic mass is 9.97. The van der Waals surface area contributed by atoms with E-state index in [0.29, 0.717) is 37.0 Å². The number of rotatable bonds is 6. The van der Waals surface area contributed by atoms with E-state index in [2.05, 4.69) is 10.6 Å². The molecule has 0 aromatic heterocycles. The molecule has 170 valence electrons. The summed E-state index contributed by atoms with van der Waals surface area (Å²) in [7, 11) is 0. The van der Waals surface area contributed by atoms with Gasteiger partial charge in [0, 0.05) is 30.9 Å². The van der Waals surface area contributed by atoms with E-state index in [1.807, 2.05) is 29.2 Å². The maximum Gasteiger partial charge on any atom is 0.319 e. The zero-order valence-electron chi connectivity index (χ0n) is 18.2. The van der Waals surface area contributed by atoms with E-state index >= 15 is 0 Å². The molecular formula is C25H30FN3O3. The predicted octanol–water partition coefficient (Wildman–Crippen LogP) is 4.82. The molecule has 32 heavy (non-hydrogen) atoms. The molecule has 1 saturated heterocycles. The zero-order chi connectivity index (χ0) is 22.3. The Balaban J connectivity index is 1.25. The van der Waals surface area contributed by atoms with Gasteiger partial charge in [0.1, 0.15) is 11.6 Å². The van der Waals surface area contributed by atoms with Crippen LogP contribution < -0.4 is 15.4 Å². The predicted molar refractivity (Wildman–Crippen MR) is 121 cm³/mol. The van der Waals surface area contributed by atoms with Gasteiger partial charge in [0.15, 0.2) is 0 Å². The van der Waals surface area contributed by atoms with Crippen LogP contribution in [-0.4, -0.2) is 42.6 Å². The Morgan fingerprint density at radius 2 is 1.81 bits per heavy atom. The highest BCUT2D eigenvalue weighted by molar-refractivity contribution is 5.94. The van der Waals surface area contributed by atoms with Crippen molar-refractivity contribution < 1.29 is 18.7 Å². The van der Waals surface area contributed by atoms with Gasteiger partial charge in [-0.1, -0.05) is 6.07 Å². The topological polar surface area (TPSA) is 70.7 Å². The number of anilines is 1. The summed E-state index contributed by atoms with van der Waals surface area (Å²) in [4.78, 5) is 26.9. The number of amides is 3. The number of urea groups is 1. The van der Waals surface area contributed by atoms with Crippen LogP contribution in [-0.2, 0) is 0 Å². The third-order valence-electron chi connectivity index (χ3n) is 6.15. The molecule has 0 radical (unpaired) electrons. The minimum atomic E-state index is -0.401. The number of halogens is 1. The molecule has 0 bridgehead atoms. The fourth-order valence-corrected chi connectivity index (χ4v) is 4.45. The van der Waals surface area contributed by atoms with Gasteiger partial charge in [-0.05, 0) is 86.9 Å². The van der Waals surface area contributed by atoms with Crippen LogP contribution in [0, 0.1) is 11.7 Å². The highest BCUT2D eigenvalue weighted by Gasteiger charge is 2.25. The van der Waals surface area contributed by atoms with Gasteiger partial charge >= 0.3 is 6.03 Å². The normalized spacial score (nSPS) is 18.9. The van der Waals surface area contributed by atoms with E-state index in [-0.39, 0.29) is 17.9 Å². The first-order valence-corrected chi connectivity index (χ1v) is 11.4. The molecule has 4 rings (SSSR count). The van der Waals surface area contributed by atoms with E-state index in [1.54, 1.807) is 12.1 Å². The molecule has 1 heterocycles. The van der Waals surface area contributed by atoms with Crippen LogP contribution in [0.2, 0.25) is 0 Å². The number of carbonyl (C=O) groups is 2. The second-order valence-electron chi connectivity index (χ2n) is 8.65. The molecule has 3 amide bonds. The van der Waals surface area contributed by atoms with E-state index < -0.39 is 5.82 Å². The Hall–Kier alpha value is -3.09. The number of hydrogen-bond acceptors (Lipinski definition) is 3. The monoisotopic (exact) mass is 439 g/mol. The molecule has 2 aromatic carbocycles. The summed E-state index contributed by atoms with van der Waals surface area (Å²) in [6, 6.07) is 12.8. The van der Waals surface area contributed by atoms with Gasteiger partial charge < -0.3 is 20.3 Å². The molecule has 1 aliphatic carbocycles. The molecule has 2 aromatic rings. The van der Waals surface area contributed by atoms with Crippen LogP contribution in [0.4, 0.5) is 14.9 Å². The van der Waals surface area contributed by atoms with E-state index in [0.717, 1.165) is 31.4 Å². The Labute approximate surface area is 188 Å². The summed E-state index contributed by atoms with van der Waals surface area (Å²) in [5.74, 6) is 0.600. The van der Waals surface area contributed by atoms with Crippen LogP contribution in [0.15, 0.2) is 48.5 Å². The van der Waals surface area contributed by atoms with Gasteiger partial charge in [-0.2, -0.15) is 0 Å². The average molecular weight is 440 g/mol. The molecule has 1 saturated carbocycles. The lowest BCUT2D eigenvalue weighted by Gasteiger charge is -2.33. The quantitative estimate of drug-likeness (QED) is 0.678. The lowest BCUT2D eigenvalue weighted by Crippen LogP contribution is -2.44. The number of likely N-dealkylation sites (tertiary alicyclic amines) is 1. The Kier molecular flexibility index (Phi) is 7.24. The van der Waals surface area contributed by atoms with E-state index in [9.17, 15) is 14.0 Å². The minimum Gasteiger partial charge on any atom is -0.490 e. The Morgan fingerprint density at radius 3 is 2.56 bits per heavy atom. The first kappa shape index (κ1) is 22.1. The van der Waals surface area contributed by atoms with Crippen LogP contribution in [0.3, 0.4) is 0 Å². The third kappa shape index (κ3) is 5.99. The fourth-order valence-electron chi connectivity index (χ4n) is 4.45. The van der Waals surface area contributed by atoms with Gasteiger partial charge in [-0.3, -0.25) is 4.79 Å². The summed E-state index contributed by atoms with van der Waals surface area (Å²) in [5, 5.41) is 5.46. The number of nitrogens with one attached hydrogen (secondary N) is 2. The first-order chi connectivity index (χ1) is 15.6. The third-order valence-corrected chi connectivity index (χ3v) is 6.15. The van der Waals surface area contributed by atoms with Gasteiger partial charge in [0.2, 0.25) is 0 Å². The second-order valence-corrected chi connectivity index (χ2v) is 8.65. The van der Waals surface area contributed by atoms with Crippen LogP contribution in [0.1, 0.15) is 48.9 Å². The van der Waals surface area contributed by atoms with Crippen molar-refractivity contribution in [2.75, 3.05) is 25.0 Å². The van der Waals surface area contributed by atoms with Crippen LogP contribution >= 0.6 is 0 Å². The van der Waals surface area contributed by atoms with Crippen molar-refractivity contribution in [3.63, 3.8) is 0 Å². The van der Waals surface area contributed by atoms with Crippen molar-refractivity contribution in [1.82, 2.24) is 10.2 Å². The van der Waals surface area contributed by atoms with Crippen molar-refractivity contribution in [3.05, 3.63) is 59.9 Å². The highest BCUT2D eigenvalue weighted by atomic mass is 19.1. The number of benzene rings is 2. The fraction of sp³-hybridized carbons (Fsp3) is 0.440. The van der Waals surface area contributed by atoms with Crippen molar-refractivity contribution in [2.24, 2.45) is 5.92 Å². The summed E-state index contributed by atoms with van der Waals surface area (Å²) < 4.78 is 19.2.